The fourth-order valence-corrected chi connectivity index (χ4v) is 1.37. The van der Waals surface area contributed by atoms with Gasteiger partial charge in [0, 0.05) is 17.9 Å². The number of esters is 1. The molecule has 90 valence electrons. The molecule has 0 atom stereocenters. The molecule has 0 aromatic heterocycles. The quantitative estimate of drug-likeness (QED) is 0.387. The summed E-state index contributed by atoms with van der Waals surface area (Å²) in [6.45, 7) is 0. The highest BCUT2D eigenvalue weighted by Gasteiger charge is 2.13. The van der Waals surface area contributed by atoms with E-state index in [4.69, 9.17) is 0 Å². The second-order valence-corrected chi connectivity index (χ2v) is 3.51. The van der Waals surface area contributed by atoms with Crippen LogP contribution in [-0.2, 0) is 4.74 Å². The van der Waals surface area contributed by atoms with Gasteiger partial charge in [-0.1, -0.05) is 12.2 Å². The fourth-order valence-electron chi connectivity index (χ4n) is 1.26. The third kappa shape index (κ3) is 3.60. The first-order valence-corrected chi connectivity index (χ1v) is 5.37. The van der Waals surface area contributed by atoms with Crippen LogP contribution in [0, 0.1) is 10.1 Å². The molecule has 17 heavy (non-hydrogen) atoms. The molecule has 0 aliphatic rings. The molecule has 1 aromatic rings. The Kier molecular flexibility index (Phi) is 4.71. The van der Waals surface area contributed by atoms with Crippen molar-refractivity contribution < 1.29 is 14.5 Å². The maximum Gasteiger partial charge on any atom is 0.338 e. The molecule has 6 heteroatoms. The molecular formula is C11H11NO4S. The molecule has 0 bridgehead atoms. The van der Waals surface area contributed by atoms with Crippen LogP contribution in [0.25, 0.3) is 6.08 Å². The van der Waals surface area contributed by atoms with Crippen LogP contribution in [0.1, 0.15) is 15.9 Å². The minimum Gasteiger partial charge on any atom is -0.465 e. The van der Waals surface area contributed by atoms with Crippen molar-refractivity contribution in [2.24, 2.45) is 0 Å². The number of carbonyl (C=O) groups excluding carboxylic acids is 1. The first-order chi connectivity index (χ1) is 8.08. The van der Waals surface area contributed by atoms with Gasteiger partial charge in [0.05, 0.1) is 17.6 Å². The van der Waals surface area contributed by atoms with Crippen molar-refractivity contribution in [2.75, 3.05) is 12.9 Å². The van der Waals surface area contributed by atoms with E-state index in [-0.39, 0.29) is 11.3 Å². The average Bonchev–Trinajstić information content (AvgIpc) is 2.34. The lowest BCUT2D eigenvalue weighted by atomic mass is 10.1. The van der Waals surface area contributed by atoms with E-state index in [9.17, 15) is 14.9 Å². The molecule has 1 rings (SSSR count). The van der Waals surface area contributed by atoms with E-state index in [1.54, 1.807) is 12.2 Å². The molecule has 0 amide bonds. The first-order valence-electron chi connectivity index (χ1n) is 4.73. The molecule has 0 unspecified atom stereocenters. The van der Waals surface area contributed by atoms with Crippen LogP contribution in [0.3, 0.4) is 0 Å². The van der Waals surface area contributed by atoms with Crippen LogP contribution >= 0.6 is 12.6 Å². The summed E-state index contributed by atoms with van der Waals surface area (Å²) in [5, 5.41) is 10.7. The summed E-state index contributed by atoms with van der Waals surface area (Å²) in [5.74, 6) is -0.0924. The molecule has 0 aliphatic heterocycles. The Morgan fingerprint density at radius 2 is 2.24 bits per heavy atom. The van der Waals surface area contributed by atoms with Gasteiger partial charge in [0.25, 0.3) is 5.69 Å². The van der Waals surface area contributed by atoms with Crippen molar-refractivity contribution in [2.45, 2.75) is 0 Å². The van der Waals surface area contributed by atoms with E-state index in [0.29, 0.717) is 11.3 Å². The normalized spacial score (nSPS) is 10.5. The van der Waals surface area contributed by atoms with E-state index in [0.717, 1.165) is 0 Å². The second kappa shape index (κ2) is 6.05. The predicted molar refractivity (Wildman–Crippen MR) is 67.3 cm³/mol. The summed E-state index contributed by atoms with van der Waals surface area (Å²) in [5.41, 5.74) is 0.570. The van der Waals surface area contributed by atoms with Crippen molar-refractivity contribution in [3.63, 3.8) is 0 Å². The van der Waals surface area contributed by atoms with Crippen LogP contribution in [0.15, 0.2) is 24.3 Å². The summed E-state index contributed by atoms with van der Waals surface area (Å²) in [4.78, 5) is 21.5. The zero-order valence-corrected chi connectivity index (χ0v) is 10.0. The maximum absolute atomic E-state index is 11.3. The lowest BCUT2D eigenvalue weighted by Crippen LogP contribution is -2.02. The van der Waals surface area contributed by atoms with Gasteiger partial charge in [-0.3, -0.25) is 10.1 Å². The van der Waals surface area contributed by atoms with E-state index in [1.165, 1.54) is 25.3 Å². The third-order valence-corrected chi connectivity index (χ3v) is 2.20. The topological polar surface area (TPSA) is 69.4 Å². The standard InChI is InChI=1S/C11H11NO4S/c1-16-11(13)9-5-8(3-2-4-17)6-10(7-9)12(14)15/h2-3,5-7,17H,4H2,1H3. The number of ether oxygens (including phenoxy) is 1. The summed E-state index contributed by atoms with van der Waals surface area (Å²) in [7, 11) is 1.23. The molecule has 0 heterocycles. The zero-order valence-electron chi connectivity index (χ0n) is 9.12. The number of carbonyl (C=O) groups is 1. The fraction of sp³-hybridized carbons (Fsp3) is 0.182. The minimum atomic E-state index is -0.603. The van der Waals surface area contributed by atoms with E-state index in [1.807, 2.05) is 0 Å². The SMILES string of the molecule is COC(=O)c1cc(C=CCS)cc([N+](=O)[O-])c1. The first kappa shape index (κ1) is 13.2. The Morgan fingerprint density at radius 1 is 1.53 bits per heavy atom. The molecular weight excluding hydrogens is 242 g/mol. The highest BCUT2D eigenvalue weighted by Crippen LogP contribution is 2.19. The highest BCUT2D eigenvalue weighted by molar-refractivity contribution is 7.80. The number of nitro groups is 1. The zero-order chi connectivity index (χ0) is 12.8. The Balaban J connectivity index is 3.23. The van der Waals surface area contributed by atoms with Gasteiger partial charge in [0.1, 0.15) is 0 Å². The second-order valence-electron chi connectivity index (χ2n) is 3.15. The summed E-state index contributed by atoms with van der Waals surface area (Å²) >= 11 is 3.99. The van der Waals surface area contributed by atoms with Gasteiger partial charge in [-0.2, -0.15) is 12.6 Å². The van der Waals surface area contributed by atoms with Crippen molar-refractivity contribution in [3.8, 4) is 0 Å². The van der Waals surface area contributed by atoms with Crippen molar-refractivity contribution >= 4 is 30.4 Å². The molecule has 0 saturated heterocycles. The van der Waals surface area contributed by atoms with Crippen LogP contribution in [0.2, 0.25) is 0 Å². The number of non-ortho nitro benzene ring substituents is 1. The number of benzene rings is 1. The number of thiol groups is 1. The molecule has 1 aromatic carbocycles. The molecule has 0 N–H and O–H groups in total. The summed E-state index contributed by atoms with van der Waals surface area (Å²) in [6, 6.07) is 4.09. The van der Waals surface area contributed by atoms with Crippen LogP contribution in [-0.4, -0.2) is 23.8 Å². The summed E-state index contributed by atoms with van der Waals surface area (Å²) in [6.07, 6.45) is 3.38. The van der Waals surface area contributed by atoms with Crippen LogP contribution in [0.4, 0.5) is 5.69 Å². The number of nitro benzene ring substituents is 1. The molecule has 0 saturated carbocycles. The number of methoxy groups -OCH3 is 1. The minimum absolute atomic E-state index is 0.147. The van der Waals surface area contributed by atoms with Crippen molar-refractivity contribution in [1.82, 2.24) is 0 Å². The smallest absolute Gasteiger partial charge is 0.338 e. The lowest BCUT2D eigenvalue weighted by molar-refractivity contribution is -0.384. The van der Waals surface area contributed by atoms with Crippen LogP contribution < -0.4 is 0 Å². The van der Waals surface area contributed by atoms with E-state index < -0.39 is 10.9 Å². The molecule has 0 spiro atoms. The van der Waals surface area contributed by atoms with Gasteiger partial charge >= 0.3 is 5.97 Å². The van der Waals surface area contributed by atoms with E-state index in [2.05, 4.69) is 17.4 Å². The Morgan fingerprint density at radius 3 is 2.76 bits per heavy atom. The van der Waals surface area contributed by atoms with Gasteiger partial charge in [-0.05, 0) is 11.6 Å². The Hall–Kier alpha value is -1.82. The summed E-state index contributed by atoms with van der Waals surface area (Å²) < 4.78 is 4.53. The number of rotatable bonds is 4. The molecule has 5 nitrogen and oxygen atoms in total. The number of nitrogens with zero attached hydrogens (tertiary/aromatic N) is 1. The largest absolute Gasteiger partial charge is 0.465 e. The molecule has 0 fully saturated rings. The Bertz CT molecular complexity index is 471. The lowest BCUT2D eigenvalue weighted by Gasteiger charge is -2.01. The Labute approximate surface area is 104 Å². The highest BCUT2D eigenvalue weighted by atomic mass is 32.1. The maximum atomic E-state index is 11.3. The number of hydrogen-bond acceptors (Lipinski definition) is 5. The third-order valence-electron chi connectivity index (χ3n) is 1.99. The average molecular weight is 253 g/mol. The van der Waals surface area contributed by atoms with Gasteiger partial charge in [0.2, 0.25) is 0 Å². The van der Waals surface area contributed by atoms with E-state index >= 15 is 0 Å². The van der Waals surface area contributed by atoms with Crippen molar-refractivity contribution in [3.05, 3.63) is 45.5 Å². The van der Waals surface area contributed by atoms with Gasteiger partial charge in [0.15, 0.2) is 0 Å². The van der Waals surface area contributed by atoms with Crippen molar-refractivity contribution in [1.29, 1.82) is 0 Å². The predicted octanol–water partition coefficient (Wildman–Crippen LogP) is 2.32. The van der Waals surface area contributed by atoms with Crippen LogP contribution in [0.5, 0.6) is 0 Å². The van der Waals surface area contributed by atoms with Gasteiger partial charge in [-0.25, -0.2) is 4.79 Å². The molecule has 0 radical (unpaired) electrons. The monoisotopic (exact) mass is 253 g/mol. The number of hydrogen-bond donors (Lipinski definition) is 1. The molecule has 0 aliphatic carbocycles. The van der Waals surface area contributed by atoms with Gasteiger partial charge in [-0.15, -0.1) is 0 Å². The van der Waals surface area contributed by atoms with Gasteiger partial charge < -0.3 is 4.74 Å².